The van der Waals surface area contributed by atoms with Crippen LogP contribution in [0.3, 0.4) is 0 Å². The SMILES string of the molecule is CSc1nc(N)cc(Nc2ccc(F)c(F)c2)n1. The third kappa shape index (κ3) is 2.86. The fourth-order valence-corrected chi connectivity index (χ4v) is 1.71. The van der Waals surface area contributed by atoms with Crippen LogP contribution in [-0.2, 0) is 0 Å². The van der Waals surface area contributed by atoms with Gasteiger partial charge in [0.25, 0.3) is 0 Å². The Bertz CT molecular complexity index is 577. The van der Waals surface area contributed by atoms with Gasteiger partial charge in [-0.25, -0.2) is 18.7 Å². The molecule has 0 fully saturated rings. The van der Waals surface area contributed by atoms with Crippen LogP contribution in [0.2, 0.25) is 0 Å². The van der Waals surface area contributed by atoms with Crippen molar-refractivity contribution in [3.8, 4) is 0 Å². The lowest BCUT2D eigenvalue weighted by Crippen LogP contribution is -2.00. The van der Waals surface area contributed by atoms with E-state index < -0.39 is 11.6 Å². The zero-order valence-electron chi connectivity index (χ0n) is 9.45. The van der Waals surface area contributed by atoms with Crippen molar-refractivity contribution >= 4 is 29.1 Å². The van der Waals surface area contributed by atoms with Gasteiger partial charge < -0.3 is 11.1 Å². The molecule has 0 spiro atoms. The van der Waals surface area contributed by atoms with Crippen molar-refractivity contribution in [3.63, 3.8) is 0 Å². The van der Waals surface area contributed by atoms with Gasteiger partial charge in [0.2, 0.25) is 0 Å². The van der Waals surface area contributed by atoms with Crippen LogP contribution in [-0.4, -0.2) is 16.2 Å². The molecule has 7 heteroatoms. The summed E-state index contributed by atoms with van der Waals surface area (Å²) < 4.78 is 25.8. The van der Waals surface area contributed by atoms with E-state index in [2.05, 4.69) is 15.3 Å². The van der Waals surface area contributed by atoms with Crippen LogP contribution in [0.15, 0.2) is 29.4 Å². The minimum atomic E-state index is -0.924. The first-order valence-corrected chi connectivity index (χ1v) is 6.21. The number of nitrogens with zero attached hydrogens (tertiary/aromatic N) is 2. The monoisotopic (exact) mass is 268 g/mol. The van der Waals surface area contributed by atoms with Crippen LogP contribution in [0.4, 0.5) is 26.1 Å². The maximum Gasteiger partial charge on any atom is 0.191 e. The van der Waals surface area contributed by atoms with Crippen LogP contribution in [0, 0.1) is 11.6 Å². The summed E-state index contributed by atoms with van der Waals surface area (Å²) in [6.07, 6.45) is 1.82. The van der Waals surface area contributed by atoms with Crippen LogP contribution in [0.5, 0.6) is 0 Å². The Kier molecular flexibility index (Phi) is 3.61. The lowest BCUT2D eigenvalue weighted by Gasteiger charge is -2.07. The van der Waals surface area contributed by atoms with E-state index in [1.165, 1.54) is 23.9 Å². The zero-order chi connectivity index (χ0) is 13.1. The standard InChI is InChI=1S/C11H10F2N4S/c1-18-11-16-9(14)5-10(17-11)15-6-2-3-7(12)8(13)4-6/h2-5H,1H3,(H3,14,15,16,17). The molecule has 1 aromatic carbocycles. The van der Waals surface area contributed by atoms with Crippen molar-refractivity contribution in [1.29, 1.82) is 0 Å². The number of halogens is 2. The van der Waals surface area contributed by atoms with E-state index in [4.69, 9.17) is 5.73 Å². The summed E-state index contributed by atoms with van der Waals surface area (Å²) in [5.74, 6) is -1.09. The molecule has 0 aliphatic heterocycles. The van der Waals surface area contributed by atoms with Crippen molar-refractivity contribution < 1.29 is 8.78 Å². The summed E-state index contributed by atoms with van der Waals surface area (Å²) in [5, 5.41) is 3.34. The van der Waals surface area contributed by atoms with Crippen LogP contribution in [0.25, 0.3) is 0 Å². The van der Waals surface area contributed by atoms with Gasteiger partial charge in [-0.1, -0.05) is 11.8 Å². The van der Waals surface area contributed by atoms with Gasteiger partial charge in [0.1, 0.15) is 11.6 Å². The Labute approximate surface area is 107 Å². The molecule has 0 saturated heterocycles. The van der Waals surface area contributed by atoms with Gasteiger partial charge in [-0.15, -0.1) is 0 Å². The molecule has 0 radical (unpaired) electrons. The Morgan fingerprint density at radius 3 is 2.61 bits per heavy atom. The maximum absolute atomic E-state index is 13.0. The molecule has 0 aliphatic rings. The Morgan fingerprint density at radius 2 is 1.94 bits per heavy atom. The molecule has 0 amide bonds. The molecule has 0 unspecified atom stereocenters. The van der Waals surface area contributed by atoms with Gasteiger partial charge in [0, 0.05) is 17.8 Å². The summed E-state index contributed by atoms with van der Waals surface area (Å²) >= 11 is 1.34. The zero-order valence-corrected chi connectivity index (χ0v) is 10.3. The first-order chi connectivity index (χ1) is 8.58. The van der Waals surface area contributed by atoms with Crippen LogP contribution in [0.1, 0.15) is 0 Å². The first kappa shape index (κ1) is 12.6. The van der Waals surface area contributed by atoms with Crippen LogP contribution < -0.4 is 11.1 Å². The third-order valence-corrected chi connectivity index (χ3v) is 2.65. The van der Waals surface area contributed by atoms with Gasteiger partial charge in [0.05, 0.1) is 0 Å². The second-order valence-electron chi connectivity index (χ2n) is 3.42. The van der Waals surface area contributed by atoms with Gasteiger partial charge in [-0.05, 0) is 18.4 Å². The number of nitrogens with two attached hydrogens (primary N) is 1. The molecular formula is C11H10F2N4S. The van der Waals surface area contributed by atoms with Gasteiger partial charge in [-0.2, -0.15) is 0 Å². The molecule has 0 saturated carbocycles. The lowest BCUT2D eigenvalue weighted by molar-refractivity contribution is 0.509. The molecule has 2 rings (SSSR count). The Hall–Kier alpha value is -1.89. The molecule has 1 aromatic heterocycles. The van der Waals surface area contributed by atoms with Gasteiger partial charge >= 0.3 is 0 Å². The molecule has 1 heterocycles. The van der Waals surface area contributed by atoms with Crippen molar-refractivity contribution in [1.82, 2.24) is 9.97 Å². The number of benzene rings is 1. The van der Waals surface area contributed by atoms with E-state index in [1.54, 1.807) is 0 Å². The summed E-state index contributed by atoms with van der Waals surface area (Å²) in [7, 11) is 0. The number of hydrogen-bond donors (Lipinski definition) is 2. The second-order valence-corrected chi connectivity index (χ2v) is 4.19. The predicted molar refractivity (Wildman–Crippen MR) is 67.9 cm³/mol. The quantitative estimate of drug-likeness (QED) is 0.662. The highest BCUT2D eigenvalue weighted by Crippen LogP contribution is 2.20. The number of anilines is 3. The lowest BCUT2D eigenvalue weighted by atomic mass is 10.3. The molecule has 0 aliphatic carbocycles. The summed E-state index contributed by atoms with van der Waals surface area (Å²) in [5.41, 5.74) is 5.99. The number of nitrogen functional groups attached to an aromatic ring is 1. The maximum atomic E-state index is 13.0. The first-order valence-electron chi connectivity index (χ1n) is 4.99. The number of thioether (sulfide) groups is 1. The fraction of sp³-hybridized carbons (Fsp3) is 0.0909. The predicted octanol–water partition coefficient (Wildman–Crippen LogP) is 2.80. The average molecular weight is 268 g/mol. The highest BCUT2D eigenvalue weighted by Gasteiger charge is 2.05. The van der Waals surface area contributed by atoms with E-state index in [9.17, 15) is 8.78 Å². The fourth-order valence-electron chi connectivity index (χ4n) is 1.32. The highest BCUT2D eigenvalue weighted by atomic mass is 32.2. The normalized spacial score (nSPS) is 10.4. The average Bonchev–Trinajstić information content (AvgIpc) is 2.33. The summed E-state index contributed by atoms with van der Waals surface area (Å²) in [6, 6.07) is 5.01. The molecule has 2 aromatic rings. The topological polar surface area (TPSA) is 63.8 Å². The van der Waals surface area contributed by atoms with E-state index in [1.807, 2.05) is 6.26 Å². The van der Waals surface area contributed by atoms with E-state index >= 15 is 0 Å². The molecule has 4 nitrogen and oxygen atoms in total. The molecule has 0 atom stereocenters. The Balaban J connectivity index is 2.27. The third-order valence-electron chi connectivity index (χ3n) is 2.10. The minimum absolute atomic E-state index is 0.305. The Morgan fingerprint density at radius 1 is 1.17 bits per heavy atom. The summed E-state index contributed by atoms with van der Waals surface area (Å²) in [4.78, 5) is 8.13. The number of nitrogens with one attached hydrogen (secondary N) is 1. The summed E-state index contributed by atoms with van der Waals surface area (Å²) in [6.45, 7) is 0. The van der Waals surface area contributed by atoms with Crippen molar-refractivity contribution in [2.24, 2.45) is 0 Å². The molecule has 0 bridgehead atoms. The minimum Gasteiger partial charge on any atom is -0.383 e. The smallest absolute Gasteiger partial charge is 0.191 e. The largest absolute Gasteiger partial charge is 0.383 e. The van der Waals surface area contributed by atoms with E-state index in [-0.39, 0.29) is 0 Å². The molecule has 18 heavy (non-hydrogen) atoms. The second kappa shape index (κ2) is 5.18. The van der Waals surface area contributed by atoms with Crippen molar-refractivity contribution in [2.45, 2.75) is 5.16 Å². The van der Waals surface area contributed by atoms with Crippen LogP contribution >= 0.6 is 11.8 Å². The van der Waals surface area contributed by atoms with Crippen molar-refractivity contribution in [3.05, 3.63) is 35.9 Å². The van der Waals surface area contributed by atoms with Gasteiger partial charge in [-0.3, -0.25) is 0 Å². The number of rotatable bonds is 3. The molecule has 3 N–H and O–H groups in total. The van der Waals surface area contributed by atoms with Crippen molar-refractivity contribution in [2.75, 3.05) is 17.3 Å². The molecule has 94 valence electrons. The highest BCUT2D eigenvalue weighted by molar-refractivity contribution is 7.98. The van der Waals surface area contributed by atoms with E-state index in [0.717, 1.165) is 12.1 Å². The molecular weight excluding hydrogens is 258 g/mol. The van der Waals surface area contributed by atoms with E-state index in [0.29, 0.717) is 22.5 Å². The number of aromatic nitrogens is 2. The van der Waals surface area contributed by atoms with Gasteiger partial charge in [0.15, 0.2) is 16.8 Å². The number of hydrogen-bond acceptors (Lipinski definition) is 5.